The number of hydrogen-bond donors (Lipinski definition) is 3. The zero-order chi connectivity index (χ0) is 27.1. The van der Waals surface area contributed by atoms with Gasteiger partial charge in [0.1, 0.15) is 4.90 Å². The molecule has 2 heterocycles. The van der Waals surface area contributed by atoms with Gasteiger partial charge in [-0.15, -0.1) is 0 Å². The summed E-state index contributed by atoms with van der Waals surface area (Å²) in [6.07, 6.45) is 5.69. The molecule has 0 amide bonds. The third-order valence-corrected chi connectivity index (χ3v) is 7.89. The molecule has 0 radical (unpaired) electrons. The Labute approximate surface area is 208 Å². The van der Waals surface area contributed by atoms with Gasteiger partial charge in [0.2, 0.25) is 20.0 Å². The summed E-state index contributed by atoms with van der Waals surface area (Å²) in [6, 6.07) is 11.3. The number of aryl methyl sites for hydroxylation is 1. The Bertz CT molecular complexity index is 1240. The molecular formula is C20H32N6O6S3. The largest absolute Gasteiger partial charge is 0.339 e. The van der Waals surface area contributed by atoms with Crippen LogP contribution in [0.25, 0.3) is 0 Å². The van der Waals surface area contributed by atoms with Crippen LogP contribution in [0.4, 0.5) is 0 Å². The van der Waals surface area contributed by atoms with Crippen LogP contribution < -0.4 is 14.2 Å². The Morgan fingerprint density at radius 3 is 1.60 bits per heavy atom. The average molecular weight is 549 g/mol. The fraction of sp³-hybridized carbons (Fsp3) is 0.300. The van der Waals surface area contributed by atoms with E-state index in [1.54, 1.807) is 48.0 Å². The van der Waals surface area contributed by atoms with Gasteiger partial charge in [0.15, 0.2) is 5.03 Å². The molecule has 0 bridgehead atoms. The fourth-order valence-electron chi connectivity index (χ4n) is 1.97. The van der Waals surface area contributed by atoms with E-state index in [1.165, 1.54) is 52.1 Å². The van der Waals surface area contributed by atoms with Gasteiger partial charge in [-0.1, -0.05) is 32.0 Å². The molecule has 35 heavy (non-hydrogen) atoms. The minimum atomic E-state index is -3.36. The number of nitrogens with zero attached hydrogens (tertiary/aromatic N) is 3. The number of benzene rings is 1. The Balaban J connectivity index is 0.000000478. The smallest absolute Gasteiger partial charge is 0.259 e. The van der Waals surface area contributed by atoms with Gasteiger partial charge in [0.05, 0.1) is 11.2 Å². The lowest BCUT2D eigenvalue weighted by Gasteiger charge is -1.99. The first kappa shape index (κ1) is 32.3. The van der Waals surface area contributed by atoms with Crippen molar-refractivity contribution in [3.63, 3.8) is 0 Å². The molecule has 1 aromatic carbocycles. The Morgan fingerprint density at radius 1 is 0.714 bits per heavy atom. The summed E-state index contributed by atoms with van der Waals surface area (Å²) in [7, 11) is -4.10. The predicted molar refractivity (Wildman–Crippen MR) is 134 cm³/mol. The van der Waals surface area contributed by atoms with E-state index in [0.717, 1.165) is 0 Å². The molecule has 2 aromatic heterocycles. The first-order valence-corrected chi connectivity index (χ1v) is 14.6. The van der Waals surface area contributed by atoms with Crippen molar-refractivity contribution in [2.75, 3.05) is 21.1 Å². The monoisotopic (exact) mass is 548 g/mol. The summed E-state index contributed by atoms with van der Waals surface area (Å²) in [6.45, 7) is 4.00. The van der Waals surface area contributed by atoms with Crippen LogP contribution in [0.3, 0.4) is 0 Å². The molecule has 0 aliphatic heterocycles. The Hall–Kier alpha value is -2.69. The van der Waals surface area contributed by atoms with E-state index in [-0.39, 0.29) is 9.92 Å². The molecule has 15 heteroatoms. The van der Waals surface area contributed by atoms with Gasteiger partial charge < -0.3 is 4.57 Å². The maximum Gasteiger partial charge on any atom is 0.259 e. The molecule has 3 aromatic rings. The minimum Gasteiger partial charge on any atom is -0.339 e. The number of nitrogens with one attached hydrogen (secondary N) is 3. The molecule has 0 atom stereocenters. The first-order valence-electron chi connectivity index (χ1n) is 10.1. The van der Waals surface area contributed by atoms with Gasteiger partial charge in [-0.3, -0.25) is 4.98 Å². The third-order valence-electron chi connectivity index (χ3n) is 3.76. The summed E-state index contributed by atoms with van der Waals surface area (Å²) < 4.78 is 74.5. The number of imidazole rings is 1. The van der Waals surface area contributed by atoms with Crippen molar-refractivity contribution in [2.24, 2.45) is 7.05 Å². The van der Waals surface area contributed by atoms with Crippen molar-refractivity contribution >= 4 is 30.1 Å². The van der Waals surface area contributed by atoms with Crippen molar-refractivity contribution in [3.05, 3.63) is 67.4 Å². The molecule has 12 nitrogen and oxygen atoms in total. The molecule has 3 rings (SSSR count). The van der Waals surface area contributed by atoms with E-state index in [1.807, 2.05) is 13.8 Å². The van der Waals surface area contributed by atoms with Crippen molar-refractivity contribution in [3.8, 4) is 0 Å². The maximum atomic E-state index is 11.1. The fourth-order valence-corrected chi connectivity index (χ4v) is 4.12. The predicted octanol–water partition coefficient (Wildman–Crippen LogP) is 0.939. The topological polar surface area (TPSA) is 169 Å². The van der Waals surface area contributed by atoms with E-state index in [4.69, 9.17) is 0 Å². The lowest BCUT2D eigenvalue weighted by Crippen LogP contribution is -2.18. The van der Waals surface area contributed by atoms with Crippen LogP contribution >= 0.6 is 0 Å². The highest BCUT2D eigenvalue weighted by molar-refractivity contribution is 7.90. The van der Waals surface area contributed by atoms with Crippen LogP contribution in [0.1, 0.15) is 13.8 Å². The summed E-state index contributed by atoms with van der Waals surface area (Å²) in [5, 5.41) is 0.0440. The lowest BCUT2D eigenvalue weighted by atomic mass is 10.4. The quantitative estimate of drug-likeness (QED) is 0.409. The number of pyridine rings is 1. The first-order chi connectivity index (χ1) is 16.4. The second kappa shape index (κ2) is 15.3. The standard InChI is InChI=1S/C7H9NO2S.C6H8N2O2S.C5H9N3O2S.C2H6/c1-8-11(9,10)7-5-3-2-4-6-7;1-7-11(9,10)6-3-2-4-8-5-6;1-6-11(9,10)5-3-8(2)4-7-5;1-2/h2-6,8H,1H3;2-5,7H,1H3;3-4,6H,1-2H3;1-2H3. The molecule has 3 N–H and O–H groups in total. The van der Waals surface area contributed by atoms with Crippen molar-refractivity contribution in [2.45, 2.75) is 28.7 Å². The summed E-state index contributed by atoms with van der Waals surface area (Å²) in [4.78, 5) is 7.83. The van der Waals surface area contributed by atoms with Gasteiger partial charge >= 0.3 is 0 Å². The van der Waals surface area contributed by atoms with E-state index in [9.17, 15) is 25.3 Å². The van der Waals surface area contributed by atoms with Gasteiger partial charge in [0, 0.05) is 25.6 Å². The number of sulfonamides is 3. The SMILES string of the molecule is CC.CNS(=O)(=O)c1ccccc1.CNS(=O)(=O)c1cccnc1.CNS(=O)(=O)c1cn(C)cn1. The number of rotatable bonds is 6. The van der Waals surface area contributed by atoms with Gasteiger partial charge in [-0.25, -0.2) is 44.4 Å². The van der Waals surface area contributed by atoms with Crippen LogP contribution in [0, 0.1) is 0 Å². The Morgan fingerprint density at radius 2 is 1.20 bits per heavy atom. The molecule has 0 fully saturated rings. The van der Waals surface area contributed by atoms with Crippen LogP contribution in [0.15, 0.2) is 82.2 Å². The zero-order valence-corrected chi connectivity index (χ0v) is 22.8. The molecule has 0 aliphatic rings. The van der Waals surface area contributed by atoms with Gasteiger partial charge in [-0.05, 0) is 45.4 Å². The van der Waals surface area contributed by atoms with Crippen molar-refractivity contribution in [1.29, 1.82) is 0 Å². The van der Waals surface area contributed by atoms with Crippen molar-refractivity contribution in [1.82, 2.24) is 28.7 Å². The van der Waals surface area contributed by atoms with E-state index in [2.05, 4.69) is 24.1 Å². The maximum absolute atomic E-state index is 11.1. The highest BCUT2D eigenvalue weighted by Gasteiger charge is 2.13. The molecule has 0 saturated heterocycles. The average Bonchev–Trinajstić information content (AvgIpc) is 3.34. The normalized spacial score (nSPS) is 11.0. The summed E-state index contributed by atoms with van der Waals surface area (Å²) >= 11 is 0. The minimum absolute atomic E-state index is 0.0440. The van der Waals surface area contributed by atoms with Gasteiger partial charge in [-0.2, -0.15) is 0 Å². The van der Waals surface area contributed by atoms with Crippen molar-refractivity contribution < 1.29 is 25.3 Å². The molecular weight excluding hydrogens is 516 g/mol. The number of aromatic nitrogens is 3. The Kier molecular flexibility index (Phi) is 14.2. The second-order valence-electron chi connectivity index (χ2n) is 6.00. The lowest BCUT2D eigenvalue weighted by molar-refractivity contribution is 0.584. The summed E-state index contributed by atoms with van der Waals surface area (Å²) in [5.74, 6) is 0. The second-order valence-corrected chi connectivity index (χ2v) is 11.6. The highest BCUT2D eigenvalue weighted by atomic mass is 32.2. The van der Waals surface area contributed by atoms with Gasteiger partial charge in [0.25, 0.3) is 10.0 Å². The van der Waals surface area contributed by atoms with Crippen LogP contribution in [-0.4, -0.2) is 60.9 Å². The molecule has 0 saturated carbocycles. The van der Waals surface area contributed by atoms with Crippen LogP contribution in [-0.2, 0) is 37.1 Å². The zero-order valence-electron chi connectivity index (χ0n) is 20.4. The van der Waals surface area contributed by atoms with E-state index >= 15 is 0 Å². The molecule has 0 unspecified atom stereocenters. The van der Waals surface area contributed by atoms with Crippen LogP contribution in [0.5, 0.6) is 0 Å². The van der Waals surface area contributed by atoms with Crippen LogP contribution in [0.2, 0.25) is 0 Å². The molecule has 196 valence electrons. The van der Waals surface area contributed by atoms with E-state index in [0.29, 0.717) is 4.90 Å². The molecule has 0 aliphatic carbocycles. The molecule has 0 spiro atoms. The number of hydrogen-bond acceptors (Lipinski definition) is 8. The summed E-state index contributed by atoms with van der Waals surface area (Å²) in [5.41, 5.74) is 0. The third kappa shape index (κ3) is 11.1. The van der Waals surface area contributed by atoms with E-state index < -0.39 is 30.1 Å². The highest BCUT2D eigenvalue weighted by Crippen LogP contribution is 2.05.